The van der Waals surface area contributed by atoms with Crippen molar-refractivity contribution in [2.24, 2.45) is 0 Å². The van der Waals surface area contributed by atoms with E-state index in [-0.39, 0.29) is 13.2 Å². The Labute approximate surface area is 85.7 Å². The van der Waals surface area contributed by atoms with Crippen molar-refractivity contribution >= 4 is 17.2 Å². The number of pyridine rings is 1. The smallest absolute Gasteiger partial charge is 0.154 e. The summed E-state index contributed by atoms with van der Waals surface area (Å²) in [5.41, 5.74) is 0.770. The van der Waals surface area contributed by atoms with Crippen molar-refractivity contribution in [2.75, 3.05) is 13.2 Å². The zero-order valence-electron chi connectivity index (χ0n) is 7.35. The van der Waals surface area contributed by atoms with Gasteiger partial charge in [0.2, 0.25) is 0 Å². The van der Waals surface area contributed by atoms with E-state index < -0.39 is 0 Å². The fourth-order valence-electron chi connectivity index (χ4n) is 1.18. The van der Waals surface area contributed by atoms with Crippen LogP contribution >= 0.6 is 11.6 Å². The van der Waals surface area contributed by atoms with Gasteiger partial charge >= 0.3 is 0 Å². The van der Waals surface area contributed by atoms with Gasteiger partial charge in [0.25, 0.3) is 0 Å². The predicted molar refractivity (Wildman–Crippen MR) is 52.8 cm³/mol. The molecule has 0 fully saturated rings. The maximum absolute atomic E-state index is 8.60. The molecule has 1 N–H and O–H groups in total. The first-order chi connectivity index (χ1) is 6.81. The number of aromatic nitrogens is 2. The van der Waals surface area contributed by atoms with Crippen molar-refractivity contribution in [1.82, 2.24) is 9.38 Å². The van der Waals surface area contributed by atoms with Crippen molar-refractivity contribution < 1.29 is 9.84 Å². The molecule has 0 aliphatic rings. The van der Waals surface area contributed by atoms with Crippen LogP contribution in [0.25, 0.3) is 5.65 Å². The highest BCUT2D eigenvalue weighted by Gasteiger charge is 2.04. The maximum atomic E-state index is 8.60. The van der Waals surface area contributed by atoms with Crippen LogP contribution in [-0.2, 0) is 0 Å². The van der Waals surface area contributed by atoms with E-state index in [1.165, 1.54) is 0 Å². The lowest BCUT2D eigenvalue weighted by Gasteiger charge is -2.06. The number of aliphatic hydroxyl groups is 1. The number of hydrogen-bond donors (Lipinski definition) is 1. The number of fused-ring (bicyclic) bond motifs is 1. The second-order valence-corrected chi connectivity index (χ2v) is 3.16. The van der Waals surface area contributed by atoms with Crippen molar-refractivity contribution in [1.29, 1.82) is 0 Å². The molecule has 0 spiro atoms. The van der Waals surface area contributed by atoms with Gasteiger partial charge in [-0.1, -0.05) is 11.6 Å². The summed E-state index contributed by atoms with van der Waals surface area (Å²) >= 11 is 5.94. The van der Waals surface area contributed by atoms with Crippen LogP contribution in [0.4, 0.5) is 0 Å². The van der Waals surface area contributed by atoms with Gasteiger partial charge in [-0.15, -0.1) is 0 Å². The lowest BCUT2D eigenvalue weighted by Crippen LogP contribution is -2.02. The van der Waals surface area contributed by atoms with Crippen LogP contribution in [0.2, 0.25) is 5.02 Å². The molecule has 2 aromatic heterocycles. The molecular formula is C9H9ClN2O2. The summed E-state index contributed by atoms with van der Waals surface area (Å²) in [4.78, 5) is 4.07. The maximum Gasteiger partial charge on any atom is 0.154 e. The second-order valence-electron chi connectivity index (χ2n) is 2.75. The summed E-state index contributed by atoms with van der Waals surface area (Å²) in [7, 11) is 0. The molecular weight excluding hydrogens is 204 g/mol. The lowest BCUT2D eigenvalue weighted by atomic mass is 10.4. The van der Waals surface area contributed by atoms with E-state index in [1.54, 1.807) is 29.1 Å². The summed E-state index contributed by atoms with van der Waals surface area (Å²) in [6.45, 7) is 0.207. The Morgan fingerprint density at radius 2 is 2.43 bits per heavy atom. The molecule has 0 unspecified atom stereocenters. The van der Waals surface area contributed by atoms with E-state index in [0.29, 0.717) is 10.8 Å². The minimum Gasteiger partial charge on any atom is -0.488 e. The van der Waals surface area contributed by atoms with E-state index in [1.807, 2.05) is 0 Å². The third-order valence-electron chi connectivity index (χ3n) is 1.80. The lowest BCUT2D eigenvalue weighted by molar-refractivity contribution is 0.201. The zero-order valence-corrected chi connectivity index (χ0v) is 8.11. The highest BCUT2D eigenvalue weighted by atomic mass is 35.5. The molecule has 0 atom stereocenters. The van der Waals surface area contributed by atoms with E-state index in [4.69, 9.17) is 21.4 Å². The van der Waals surface area contributed by atoms with Gasteiger partial charge in [0.15, 0.2) is 5.75 Å². The van der Waals surface area contributed by atoms with Gasteiger partial charge in [-0.2, -0.15) is 0 Å². The first kappa shape index (κ1) is 9.30. The number of aliphatic hydroxyl groups excluding tert-OH is 1. The minimum atomic E-state index is -0.0295. The van der Waals surface area contributed by atoms with Gasteiger partial charge in [0.1, 0.15) is 12.3 Å². The summed E-state index contributed by atoms with van der Waals surface area (Å²) in [5.74, 6) is 0.547. The number of rotatable bonds is 3. The van der Waals surface area contributed by atoms with Crippen LogP contribution < -0.4 is 4.74 Å². The summed E-state index contributed by atoms with van der Waals surface area (Å²) < 4.78 is 7.04. The van der Waals surface area contributed by atoms with Crippen molar-refractivity contribution in [3.63, 3.8) is 0 Å². The molecule has 4 nitrogen and oxygen atoms in total. The monoisotopic (exact) mass is 212 g/mol. The molecule has 5 heteroatoms. The molecule has 2 aromatic rings. The van der Waals surface area contributed by atoms with E-state index in [0.717, 1.165) is 5.65 Å². The Morgan fingerprint density at radius 1 is 1.57 bits per heavy atom. The predicted octanol–water partition coefficient (Wildman–Crippen LogP) is 1.36. The van der Waals surface area contributed by atoms with Gasteiger partial charge in [-0.3, -0.25) is 0 Å². The van der Waals surface area contributed by atoms with Gasteiger partial charge < -0.3 is 14.2 Å². The summed E-state index contributed by atoms with van der Waals surface area (Å²) in [6.07, 6.45) is 5.22. The molecule has 0 radical (unpaired) electrons. The Balaban J connectivity index is 2.38. The van der Waals surface area contributed by atoms with Crippen LogP contribution in [0.15, 0.2) is 24.7 Å². The average molecular weight is 213 g/mol. The third kappa shape index (κ3) is 1.66. The number of nitrogens with zero attached hydrogens (tertiary/aromatic N) is 2. The topological polar surface area (TPSA) is 46.8 Å². The van der Waals surface area contributed by atoms with Crippen molar-refractivity contribution in [3.8, 4) is 5.75 Å². The molecule has 0 aliphatic carbocycles. The fourth-order valence-corrected chi connectivity index (χ4v) is 1.38. The quantitative estimate of drug-likeness (QED) is 0.836. The van der Waals surface area contributed by atoms with Crippen LogP contribution in [0, 0.1) is 0 Å². The summed E-state index contributed by atoms with van der Waals surface area (Å²) in [5, 5.41) is 9.10. The summed E-state index contributed by atoms with van der Waals surface area (Å²) in [6, 6.07) is 1.72. The van der Waals surface area contributed by atoms with Crippen molar-refractivity contribution in [3.05, 3.63) is 29.7 Å². The van der Waals surface area contributed by atoms with E-state index in [2.05, 4.69) is 4.98 Å². The highest BCUT2D eigenvalue weighted by molar-refractivity contribution is 6.32. The standard InChI is InChI=1S/C9H9ClN2O2/c10-7-5-9-11-1-2-12(9)6-8(7)14-4-3-13/h1-2,5-6,13H,3-4H2. The van der Waals surface area contributed by atoms with Gasteiger partial charge in [0.05, 0.1) is 17.8 Å². The van der Waals surface area contributed by atoms with Gasteiger partial charge in [-0.05, 0) is 0 Å². The molecule has 0 amide bonds. The minimum absolute atomic E-state index is 0.0295. The average Bonchev–Trinajstić information content (AvgIpc) is 2.61. The van der Waals surface area contributed by atoms with E-state index in [9.17, 15) is 0 Å². The first-order valence-electron chi connectivity index (χ1n) is 4.17. The molecule has 0 aliphatic heterocycles. The van der Waals surface area contributed by atoms with E-state index >= 15 is 0 Å². The third-order valence-corrected chi connectivity index (χ3v) is 2.09. The molecule has 2 rings (SSSR count). The Morgan fingerprint density at radius 3 is 3.21 bits per heavy atom. The van der Waals surface area contributed by atoms with Gasteiger partial charge in [-0.25, -0.2) is 4.98 Å². The van der Waals surface area contributed by atoms with Crippen LogP contribution in [0.3, 0.4) is 0 Å². The largest absolute Gasteiger partial charge is 0.488 e. The number of hydrogen-bond acceptors (Lipinski definition) is 3. The van der Waals surface area contributed by atoms with Crippen LogP contribution in [-0.4, -0.2) is 27.7 Å². The molecule has 2 heterocycles. The molecule has 14 heavy (non-hydrogen) atoms. The Bertz CT molecular complexity index is 441. The SMILES string of the molecule is OCCOc1cn2ccnc2cc1Cl. The molecule has 0 bridgehead atoms. The normalized spacial score (nSPS) is 10.7. The number of halogens is 1. The second kappa shape index (κ2) is 3.86. The first-order valence-corrected chi connectivity index (χ1v) is 4.55. The van der Waals surface area contributed by atoms with Crippen LogP contribution in [0.1, 0.15) is 0 Å². The number of imidazole rings is 1. The van der Waals surface area contributed by atoms with Crippen molar-refractivity contribution in [2.45, 2.75) is 0 Å². The molecule has 0 saturated heterocycles. The fraction of sp³-hybridized carbons (Fsp3) is 0.222. The Kier molecular flexibility index (Phi) is 2.56. The molecule has 0 saturated carbocycles. The van der Waals surface area contributed by atoms with Gasteiger partial charge in [0, 0.05) is 18.5 Å². The molecule has 0 aromatic carbocycles. The van der Waals surface area contributed by atoms with Crippen LogP contribution in [0.5, 0.6) is 5.75 Å². The Hall–Kier alpha value is -1.26. The number of ether oxygens (including phenoxy) is 1. The zero-order chi connectivity index (χ0) is 9.97. The molecule has 74 valence electrons. The highest BCUT2D eigenvalue weighted by Crippen LogP contribution is 2.25.